The molecule has 0 N–H and O–H groups in total. The van der Waals surface area contributed by atoms with Crippen LogP contribution >= 0.6 is 0 Å². The number of nitrogens with zero attached hydrogens (tertiary/aromatic N) is 1. The second-order valence-electron chi connectivity index (χ2n) is 7.74. The van der Waals surface area contributed by atoms with Crippen LogP contribution in [-0.4, -0.2) is 24.4 Å². The van der Waals surface area contributed by atoms with Crippen LogP contribution < -0.4 is 0 Å². The van der Waals surface area contributed by atoms with E-state index in [2.05, 4.69) is 91.4 Å². The van der Waals surface area contributed by atoms with Gasteiger partial charge in [-0.2, -0.15) is 0 Å². The molecule has 2 aliphatic heterocycles. The minimum Gasteiger partial charge on any atom is -0.406 e. The number of hydrogen-bond acceptors (Lipinski definition) is 2. The van der Waals surface area contributed by atoms with Crippen LogP contribution in [0.3, 0.4) is 0 Å². The zero-order valence-corrected chi connectivity index (χ0v) is 16.8. The predicted molar refractivity (Wildman–Crippen MR) is 117 cm³/mol. The molecule has 0 aromatic heterocycles. The zero-order chi connectivity index (χ0) is 19.4. The third-order valence-corrected chi connectivity index (χ3v) is 5.93. The lowest BCUT2D eigenvalue weighted by Crippen LogP contribution is -2.41. The first-order valence-corrected chi connectivity index (χ1v) is 10.3. The molecule has 1 atom stereocenters. The van der Waals surface area contributed by atoms with Crippen molar-refractivity contribution in [2.75, 3.05) is 6.54 Å². The Labute approximate surface area is 169 Å². The van der Waals surface area contributed by atoms with Crippen LogP contribution in [0.15, 0.2) is 91.0 Å². The number of aryl methyl sites for hydroxylation is 1. The highest BCUT2D eigenvalue weighted by molar-refractivity contribution is 6.48. The first-order chi connectivity index (χ1) is 13.7. The van der Waals surface area contributed by atoms with Crippen molar-refractivity contribution in [2.24, 2.45) is 0 Å². The molecular formula is C25H28BNO. The van der Waals surface area contributed by atoms with Crippen molar-refractivity contribution >= 4 is 7.05 Å². The molecule has 0 aliphatic carbocycles. The number of fused-ring (bicyclic) bond motifs is 1. The summed E-state index contributed by atoms with van der Waals surface area (Å²) in [6.07, 6.45) is 2.47. The molecule has 2 aliphatic rings. The van der Waals surface area contributed by atoms with Crippen LogP contribution in [-0.2, 0) is 10.3 Å². The molecule has 5 rings (SSSR count). The lowest BCUT2D eigenvalue weighted by atomic mass is 9.79. The van der Waals surface area contributed by atoms with E-state index in [9.17, 15) is 0 Å². The quantitative estimate of drug-likeness (QED) is 0.550. The first kappa shape index (κ1) is 19.0. The van der Waals surface area contributed by atoms with Gasteiger partial charge in [-0.05, 0) is 44.3 Å². The summed E-state index contributed by atoms with van der Waals surface area (Å²) in [4.78, 5) is 2.53. The van der Waals surface area contributed by atoms with Crippen molar-refractivity contribution in [1.82, 2.24) is 4.81 Å². The fourth-order valence-corrected chi connectivity index (χ4v) is 4.67. The van der Waals surface area contributed by atoms with Gasteiger partial charge < -0.3 is 9.47 Å². The molecule has 3 aromatic carbocycles. The molecular weight excluding hydrogens is 341 g/mol. The second-order valence-corrected chi connectivity index (χ2v) is 7.74. The average Bonchev–Trinajstić information content (AvgIpc) is 3.34. The highest BCUT2D eigenvalue weighted by atomic mass is 16.5. The average molecular weight is 369 g/mol. The maximum Gasteiger partial charge on any atom is 0.380 e. The number of benzene rings is 3. The van der Waals surface area contributed by atoms with Gasteiger partial charge in [0.15, 0.2) is 0 Å². The lowest BCUT2D eigenvalue weighted by Gasteiger charge is -2.36. The third-order valence-electron chi connectivity index (χ3n) is 5.93. The summed E-state index contributed by atoms with van der Waals surface area (Å²) in [5, 5.41) is 0. The standard InChI is InChI=1S/C18H20BNO.C7H8/c1-19-20-14-8-13-17(20)18(21-19,15-9-4-2-5-10-15)16-11-6-3-7-12-16;1-7-5-3-2-4-6-7/h2-7,9-12,17H,8,13-14H2,1H3;2-6H,1H3/t17-;/m1./s1. The molecule has 0 bridgehead atoms. The normalized spacial score (nSPS) is 20.4. The van der Waals surface area contributed by atoms with E-state index < -0.39 is 0 Å². The summed E-state index contributed by atoms with van der Waals surface area (Å²) < 4.78 is 6.61. The Hall–Kier alpha value is -2.36. The molecule has 0 saturated carbocycles. The Morgan fingerprint density at radius 1 is 0.821 bits per heavy atom. The van der Waals surface area contributed by atoms with Gasteiger partial charge in [-0.15, -0.1) is 0 Å². The second kappa shape index (κ2) is 8.34. The Morgan fingerprint density at radius 2 is 1.32 bits per heavy atom. The summed E-state index contributed by atoms with van der Waals surface area (Å²) in [7, 11) is 0.179. The van der Waals surface area contributed by atoms with Crippen LogP contribution in [0.2, 0.25) is 6.82 Å². The van der Waals surface area contributed by atoms with E-state index in [0.29, 0.717) is 6.04 Å². The van der Waals surface area contributed by atoms with Crippen LogP contribution in [0.5, 0.6) is 0 Å². The summed E-state index contributed by atoms with van der Waals surface area (Å²) in [6, 6.07) is 32.2. The first-order valence-electron chi connectivity index (χ1n) is 10.3. The zero-order valence-electron chi connectivity index (χ0n) is 16.8. The molecule has 3 heteroatoms. The van der Waals surface area contributed by atoms with Gasteiger partial charge in [-0.3, -0.25) is 0 Å². The maximum atomic E-state index is 6.61. The third kappa shape index (κ3) is 3.53. The number of rotatable bonds is 2. The maximum absolute atomic E-state index is 6.61. The summed E-state index contributed by atoms with van der Waals surface area (Å²) in [6.45, 7) is 5.42. The fraction of sp³-hybridized carbons (Fsp3) is 0.280. The van der Waals surface area contributed by atoms with E-state index in [1.807, 2.05) is 18.2 Å². The van der Waals surface area contributed by atoms with Crippen LogP contribution in [0, 0.1) is 6.92 Å². The van der Waals surface area contributed by atoms with Crippen molar-refractivity contribution in [2.45, 2.75) is 38.2 Å². The van der Waals surface area contributed by atoms with Crippen molar-refractivity contribution < 1.29 is 4.65 Å². The van der Waals surface area contributed by atoms with Crippen LogP contribution in [0.4, 0.5) is 0 Å². The van der Waals surface area contributed by atoms with Gasteiger partial charge in [0.1, 0.15) is 5.60 Å². The Balaban J connectivity index is 0.000000233. The van der Waals surface area contributed by atoms with Gasteiger partial charge >= 0.3 is 7.05 Å². The van der Waals surface area contributed by atoms with Crippen molar-refractivity contribution in [3.63, 3.8) is 0 Å². The Morgan fingerprint density at radius 3 is 1.79 bits per heavy atom. The van der Waals surface area contributed by atoms with E-state index in [1.54, 1.807) is 0 Å². The molecule has 2 nitrogen and oxygen atoms in total. The molecule has 3 aromatic rings. The molecule has 0 radical (unpaired) electrons. The van der Waals surface area contributed by atoms with E-state index in [4.69, 9.17) is 4.65 Å². The molecule has 0 spiro atoms. The van der Waals surface area contributed by atoms with Gasteiger partial charge in [0.2, 0.25) is 0 Å². The summed E-state index contributed by atoms with van der Waals surface area (Å²) in [5.41, 5.74) is 3.55. The molecule has 2 heterocycles. The lowest BCUT2D eigenvalue weighted by molar-refractivity contribution is 0.106. The highest BCUT2D eigenvalue weighted by Crippen LogP contribution is 2.48. The van der Waals surface area contributed by atoms with E-state index in [1.165, 1.54) is 29.5 Å². The van der Waals surface area contributed by atoms with E-state index in [-0.39, 0.29) is 12.7 Å². The van der Waals surface area contributed by atoms with Crippen LogP contribution in [0.1, 0.15) is 29.5 Å². The van der Waals surface area contributed by atoms with Crippen molar-refractivity contribution in [3.05, 3.63) is 108 Å². The summed E-state index contributed by atoms with van der Waals surface area (Å²) in [5.74, 6) is 0. The molecule has 28 heavy (non-hydrogen) atoms. The topological polar surface area (TPSA) is 12.5 Å². The van der Waals surface area contributed by atoms with Gasteiger partial charge in [-0.1, -0.05) is 96.6 Å². The van der Waals surface area contributed by atoms with Crippen molar-refractivity contribution in [3.8, 4) is 0 Å². The SMILES string of the molecule is CB1OC(c2ccccc2)(c2ccccc2)[C@H]2CCCN12.Cc1ccccc1. The Bertz CT molecular complexity index is 829. The van der Waals surface area contributed by atoms with E-state index in [0.717, 1.165) is 6.54 Å². The minimum absolute atomic E-state index is 0.179. The number of hydrogen-bond donors (Lipinski definition) is 0. The monoisotopic (exact) mass is 369 g/mol. The predicted octanol–water partition coefficient (Wildman–Crippen LogP) is 5.54. The fourth-order valence-electron chi connectivity index (χ4n) is 4.67. The van der Waals surface area contributed by atoms with Crippen LogP contribution in [0.25, 0.3) is 0 Å². The molecule has 0 amide bonds. The summed E-state index contributed by atoms with van der Waals surface area (Å²) >= 11 is 0. The highest BCUT2D eigenvalue weighted by Gasteiger charge is 2.56. The van der Waals surface area contributed by atoms with Gasteiger partial charge in [-0.25, -0.2) is 0 Å². The molecule has 2 saturated heterocycles. The van der Waals surface area contributed by atoms with E-state index >= 15 is 0 Å². The van der Waals surface area contributed by atoms with Gasteiger partial charge in [0, 0.05) is 6.04 Å². The molecule has 0 unspecified atom stereocenters. The van der Waals surface area contributed by atoms with Gasteiger partial charge in [0.25, 0.3) is 0 Å². The smallest absolute Gasteiger partial charge is 0.380 e. The Kier molecular flexibility index (Phi) is 5.65. The van der Waals surface area contributed by atoms with Crippen molar-refractivity contribution in [1.29, 1.82) is 0 Å². The molecule has 142 valence electrons. The largest absolute Gasteiger partial charge is 0.406 e. The van der Waals surface area contributed by atoms with Gasteiger partial charge in [0.05, 0.1) is 0 Å². The minimum atomic E-state index is -0.321. The molecule has 2 fully saturated rings.